The zero-order valence-electron chi connectivity index (χ0n) is 21.4. The molecule has 9 heteroatoms. The molecule has 2 N–H and O–H groups in total. The third-order valence-electron chi connectivity index (χ3n) is 7.07. The summed E-state index contributed by atoms with van der Waals surface area (Å²) in [5.41, 5.74) is 3.70. The number of likely N-dealkylation sites (tertiary alicyclic amines) is 1. The smallest absolute Gasteiger partial charge is 0.155 e. The first-order chi connectivity index (χ1) is 17.0. The minimum atomic E-state index is 0.136. The molecule has 35 heavy (non-hydrogen) atoms. The van der Waals surface area contributed by atoms with Crippen molar-refractivity contribution >= 4 is 16.9 Å². The summed E-state index contributed by atoms with van der Waals surface area (Å²) in [5.74, 6) is 2.03. The van der Waals surface area contributed by atoms with Gasteiger partial charge in [-0.25, -0.2) is 9.97 Å². The van der Waals surface area contributed by atoms with Gasteiger partial charge in [0.05, 0.1) is 19.9 Å². The summed E-state index contributed by atoms with van der Waals surface area (Å²) in [4.78, 5) is 16.3. The van der Waals surface area contributed by atoms with Crippen molar-refractivity contribution < 1.29 is 9.84 Å². The van der Waals surface area contributed by atoms with Crippen LogP contribution in [0.4, 0.5) is 5.82 Å². The molecule has 0 bridgehead atoms. The lowest BCUT2D eigenvalue weighted by molar-refractivity contribution is 0.170. The van der Waals surface area contributed by atoms with Gasteiger partial charge in [0.15, 0.2) is 5.82 Å². The van der Waals surface area contributed by atoms with Gasteiger partial charge in [-0.2, -0.15) is 5.10 Å². The number of hydrogen-bond acceptors (Lipinski definition) is 8. The summed E-state index contributed by atoms with van der Waals surface area (Å²) in [5, 5.41) is 17.6. The lowest BCUT2D eigenvalue weighted by Crippen LogP contribution is -2.38. The van der Waals surface area contributed by atoms with Gasteiger partial charge in [0.25, 0.3) is 0 Å². The maximum atomic E-state index is 9.46. The summed E-state index contributed by atoms with van der Waals surface area (Å²) >= 11 is 0. The lowest BCUT2D eigenvalue weighted by Gasteiger charge is -2.34. The summed E-state index contributed by atoms with van der Waals surface area (Å²) < 4.78 is 7.69. The van der Waals surface area contributed by atoms with Crippen molar-refractivity contribution in [3.05, 3.63) is 36.0 Å². The van der Waals surface area contributed by atoms with E-state index in [1.807, 2.05) is 10.9 Å². The Bertz CT molecular complexity index is 1090. The van der Waals surface area contributed by atoms with Crippen LogP contribution in [0.1, 0.15) is 70.1 Å². The molecule has 1 aliphatic rings. The second-order valence-corrected chi connectivity index (χ2v) is 9.73. The molecule has 0 radical (unpaired) electrons. The van der Waals surface area contributed by atoms with Crippen LogP contribution >= 0.6 is 0 Å². The Morgan fingerprint density at radius 1 is 1.14 bits per heavy atom. The topological polar surface area (TPSA) is 101 Å². The Morgan fingerprint density at radius 3 is 2.63 bits per heavy atom. The summed E-state index contributed by atoms with van der Waals surface area (Å²) in [6.07, 6.45) is 10.1. The van der Waals surface area contributed by atoms with E-state index < -0.39 is 0 Å². The van der Waals surface area contributed by atoms with E-state index in [9.17, 15) is 5.11 Å². The number of hydrogen-bond donors (Lipinski definition) is 2. The Kier molecular flexibility index (Phi) is 8.51. The monoisotopic (exact) mass is 481 g/mol. The molecule has 1 atom stereocenters. The van der Waals surface area contributed by atoms with E-state index in [1.54, 1.807) is 19.6 Å². The van der Waals surface area contributed by atoms with Crippen molar-refractivity contribution in [1.29, 1.82) is 0 Å². The number of rotatable bonds is 11. The van der Waals surface area contributed by atoms with Crippen LogP contribution in [-0.4, -0.2) is 73.6 Å². The first-order valence-electron chi connectivity index (χ1n) is 12.8. The van der Waals surface area contributed by atoms with Gasteiger partial charge >= 0.3 is 0 Å². The van der Waals surface area contributed by atoms with Crippen LogP contribution in [0.3, 0.4) is 0 Å². The van der Waals surface area contributed by atoms with Crippen molar-refractivity contribution in [3.63, 3.8) is 0 Å². The zero-order chi connectivity index (χ0) is 24.8. The lowest BCUT2D eigenvalue weighted by atomic mass is 9.92. The number of fused-ring (bicyclic) bond motifs is 1. The maximum Gasteiger partial charge on any atom is 0.155 e. The minimum absolute atomic E-state index is 0.136. The van der Waals surface area contributed by atoms with E-state index >= 15 is 0 Å². The molecule has 1 fully saturated rings. The number of aliphatic hydroxyl groups excluding tert-OH is 1. The number of nitrogens with zero attached hydrogens (tertiary/aromatic N) is 6. The number of piperidine rings is 1. The van der Waals surface area contributed by atoms with E-state index in [1.165, 1.54) is 0 Å². The van der Waals surface area contributed by atoms with E-state index in [4.69, 9.17) is 9.72 Å². The van der Waals surface area contributed by atoms with Gasteiger partial charge in [0.2, 0.25) is 0 Å². The SMILES string of the molecule is CCCC(CCO)Nc1ncnc2cnn(Cc3cnc(C4CCN(C(C)C)CC4)cc3OC)c12. The van der Waals surface area contributed by atoms with Crippen LogP contribution in [0.2, 0.25) is 0 Å². The third-order valence-corrected chi connectivity index (χ3v) is 7.07. The molecule has 190 valence electrons. The highest BCUT2D eigenvalue weighted by molar-refractivity contribution is 5.85. The van der Waals surface area contributed by atoms with Gasteiger partial charge in [-0.1, -0.05) is 13.3 Å². The van der Waals surface area contributed by atoms with Gasteiger partial charge in [0, 0.05) is 48.1 Å². The Balaban J connectivity index is 1.56. The van der Waals surface area contributed by atoms with Gasteiger partial charge in [-0.15, -0.1) is 0 Å². The molecule has 0 spiro atoms. The fourth-order valence-corrected chi connectivity index (χ4v) is 5.02. The van der Waals surface area contributed by atoms with Crippen LogP contribution < -0.4 is 10.1 Å². The molecular formula is C26H39N7O2. The second-order valence-electron chi connectivity index (χ2n) is 9.73. The zero-order valence-corrected chi connectivity index (χ0v) is 21.4. The average molecular weight is 482 g/mol. The van der Waals surface area contributed by atoms with E-state index in [2.05, 4.69) is 52.1 Å². The van der Waals surface area contributed by atoms with Gasteiger partial charge < -0.3 is 20.1 Å². The van der Waals surface area contributed by atoms with E-state index in [-0.39, 0.29) is 12.6 Å². The highest BCUT2D eigenvalue weighted by atomic mass is 16.5. The maximum absolute atomic E-state index is 9.46. The van der Waals surface area contributed by atoms with Crippen LogP contribution in [0, 0.1) is 0 Å². The van der Waals surface area contributed by atoms with Crippen molar-refractivity contribution in [2.24, 2.45) is 0 Å². The highest BCUT2D eigenvalue weighted by Crippen LogP contribution is 2.31. The van der Waals surface area contributed by atoms with Crippen molar-refractivity contribution in [1.82, 2.24) is 29.6 Å². The number of anilines is 1. The fourth-order valence-electron chi connectivity index (χ4n) is 5.02. The molecule has 1 aliphatic heterocycles. The van der Waals surface area contributed by atoms with Crippen LogP contribution in [0.5, 0.6) is 5.75 Å². The van der Waals surface area contributed by atoms with Crippen molar-refractivity contribution in [2.45, 2.75) is 77.4 Å². The predicted octanol–water partition coefficient (Wildman–Crippen LogP) is 3.83. The molecule has 3 aromatic rings. The molecule has 0 saturated carbocycles. The average Bonchev–Trinajstić information content (AvgIpc) is 3.28. The quantitative estimate of drug-likeness (QED) is 0.426. The number of methoxy groups -OCH3 is 1. The molecule has 9 nitrogen and oxygen atoms in total. The van der Waals surface area contributed by atoms with Crippen molar-refractivity contribution in [2.75, 3.05) is 32.1 Å². The number of ether oxygens (including phenoxy) is 1. The highest BCUT2D eigenvalue weighted by Gasteiger charge is 2.24. The van der Waals surface area contributed by atoms with Crippen LogP contribution in [0.25, 0.3) is 11.0 Å². The fraction of sp³-hybridized carbons (Fsp3) is 0.615. The normalized spacial score (nSPS) is 16.2. The number of nitrogens with one attached hydrogen (secondary N) is 1. The summed E-state index contributed by atoms with van der Waals surface area (Å²) in [6.45, 7) is 9.53. The molecule has 4 rings (SSSR count). The van der Waals surface area contributed by atoms with Gasteiger partial charge in [-0.3, -0.25) is 9.67 Å². The number of aliphatic hydroxyl groups is 1. The Labute approximate surface area is 207 Å². The van der Waals surface area contributed by atoms with Gasteiger partial charge in [0.1, 0.15) is 23.1 Å². The number of aromatic nitrogens is 5. The minimum Gasteiger partial charge on any atom is -0.496 e. The van der Waals surface area contributed by atoms with Crippen molar-refractivity contribution in [3.8, 4) is 5.75 Å². The Hall–Kier alpha value is -2.78. The number of pyridine rings is 1. The second kappa shape index (κ2) is 11.8. The van der Waals surface area contributed by atoms with E-state index in [0.717, 1.165) is 72.6 Å². The van der Waals surface area contributed by atoms with E-state index in [0.29, 0.717) is 24.9 Å². The van der Waals surface area contributed by atoms with Crippen LogP contribution in [0.15, 0.2) is 24.8 Å². The molecule has 1 unspecified atom stereocenters. The third kappa shape index (κ3) is 5.90. The molecular weight excluding hydrogens is 442 g/mol. The standard InChI is InChI=1S/C26H39N7O2/c1-5-6-21(9-12-34)31-26-25-23(28-17-29-26)15-30-33(25)16-20-14-27-22(13-24(20)35-4)19-7-10-32(11-8-19)18(2)3/h13-15,17-19,21,34H,5-12,16H2,1-4H3,(H,28,29,31). The largest absolute Gasteiger partial charge is 0.496 e. The molecule has 1 saturated heterocycles. The van der Waals surface area contributed by atoms with Gasteiger partial charge in [-0.05, 0) is 52.6 Å². The summed E-state index contributed by atoms with van der Waals surface area (Å²) in [6, 6.07) is 2.84. The Morgan fingerprint density at radius 2 is 1.94 bits per heavy atom. The summed E-state index contributed by atoms with van der Waals surface area (Å²) in [7, 11) is 1.71. The molecule has 0 amide bonds. The molecule has 4 heterocycles. The molecule has 0 aromatic carbocycles. The predicted molar refractivity (Wildman–Crippen MR) is 138 cm³/mol. The molecule has 3 aromatic heterocycles. The molecule has 0 aliphatic carbocycles. The first-order valence-corrected chi connectivity index (χ1v) is 12.8. The first kappa shape index (κ1) is 25.3. The van der Waals surface area contributed by atoms with Crippen LogP contribution in [-0.2, 0) is 6.54 Å².